The molecule has 1 saturated carbocycles. The van der Waals surface area contributed by atoms with Gasteiger partial charge in [0.2, 0.25) is 4.91 Å². The molecule has 9 heteroatoms. The van der Waals surface area contributed by atoms with Crippen molar-refractivity contribution in [1.29, 1.82) is 0 Å². The monoisotopic (exact) mass is 449 g/mol. The fourth-order valence-electron chi connectivity index (χ4n) is 3.67. The van der Waals surface area contributed by atoms with Gasteiger partial charge >= 0.3 is 0 Å². The summed E-state index contributed by atoms with van der Waals surface area (Å²) in [6, 6.07) is 0. The van der Waals surface area contributed by atoms with Crippen LogP contribution in [0.4, 0.5) is 0 Å². The number of aliphatic hydroxyl groups excluding tert-OH is 1. The Kier molecular flexibility index (Phi) is 7.61. The zero-order valence-electron chi connectivity index (χ0n) is 18.5. The number of aliphatic imine (C=N–C) groups is 1. The minimum atomic E-state index is -1.19. The summed E-state index contributed by atoms with van der Waals surface area (Å²) in [6.07, 6.45) is 7.86. The first-order valence-corrected chi connectivity index (χ1v) is 12.1. The number of aliphatic hydroxyl groups is 1. The van der Waals surface area contributed by atoms with E-state index in [4.69, 9.17) is 21.2 Å². The van der Waals surface area contributed by atoms with Crippen molar-refractivity contribution < 1.29 is 14.4 Å². The van der Waals surface area contributed by atoms with Crippen LogP contribution in [0.1, 0.15) is 46.0 Å². The SMILES string of the molecule is C=C(/N=C(/NC1(CO)CC1)C1=C(N)CC[S+]1[O-])N1CCC(O/C(C)=C/C=C(\C)N)CC1. The van der Waals surface area contributed by atoms with Gasteiger partial charge in [0.15, 0.2) is 5.84 Å². The highest BCUT2D eigenvalue weighted by Gasteiger charge is 2.45. The zero-order chi connectivity index (χ0) is 22.6. The number of nitrogens with two attached hydrogens (primary N) is 2. The van der Waals surface area contributed by atoms with Crippen LogP contribution in [-0.2, 0) is 15.9 Å². The van der Waals surface area contributed by atoms with Crippen molar-refractivity contribution in [1.82, 2.24) is 10.2 Å². The van der Waals surface area contributed by atoms with Gasteiger partial charge in [-0.05, 0) is 50.0 Å². The number of nitrogens with one attached hydrogen (secondary N) is 1. The molecule has 0 bridgehead atoms. The molecule has 3 aliphatic rings. The first-order chi connectivity index (χ1) is 14.7. The summed E-state index contributed by atoms with van der Waals surface area (Å²) in [4.78, 5) is 7.38. The number of hydrogen-bond acceptors (Lipinski definition) is 7. The summed E-state index contributed by atoms with van der Waals surface area (Å²) in [6.45, 7) is 9.46. The summed E-state index contributed by atoms with van der Waals surface area (Å²) < 4.78 is 18.5. The van der Waals surface area contributed by atoms with Gasteiger partial charge < -0.3 is 36.1 Å². The number of amidine groups is 1. The Hall–Kier alpha value is -2.10. The average Bonchev–Trinajstić information content (AvgIpc) is 3.43. The van der Waals surface area contributed by atoms with Crippen molar-refractivity contribution in [3.63, 3.8) is 0 Å². The minimum Gasteiger partial charge on any atom is -0.611 e. The number of allylic oxidation sites excluding steroid dienone is 5. The molecule has 1 unspecified atom stereocenters. The van der Waals surface area contributed by atoms with E-state index in [9.17, 15) is 9.66 Å². The standard InChI is InChI=1S/C22H35N5O3S/c1-15(23)4-5-16(2)30-18-6-11-27(12-7-18)17(3)25-21(26-22(14-28)9-10-22)20-19(24)8-13-31(20)29/h4-5,18,28H,3,6-14,23-24H2,1-2H3,(H,25,26)/b15-4+,16-5+. The number of hydrogen-bond donors (Lipinski definition) is 4. The summed E-state index contributed by atoms with van der Waals surface area (Å²) in [5.74, 6) is 2.45. The molecule has 2 aliphatic heterocycles. The molecule has 172 valence electrons. The highest BCUT2D eigenvalue weighted by atomic mass is 32.2. The molecule has 1 atom stereocenters. The van der Waals surface area contributed by atoms with Gasteiger partial charge in [0.05, 0.1) is 23.6 Å². The topological polar surface area (TPSA) is 132 Å². The van der Waals surface area contributed by atoms with E-state index in [0.29, 0.717) is 34.4 Å². The zero-order valence-corrected chi connectivity index (χ0v) is 19.3. The molecular formula is C22H35N5O3S. The molecule has 2 fully saturated rings. The van der Waals surface area contributed by atoms with Crippen LogP contribution < -0.4 is 16.8 Å². The number of ether oxygens (including phenoxy) is 1. The average molecular weight is 450 g/mol. The molecule has 31 heavy (non-hydrogen) atoms. The molecule has 0 spiro atoms. The van der Waals surface area contributed by atoms with Crippen LogP contribution in [0.15, 0.2) is 51.6 Å². The number of nitrogens with zero attached hydrogens (tertiary/aromatic N) is 2. The van der Waals surface area contributed by atoms with Crippen molar-refractivity contribution in [2.24, 2.45) is 16.5 Å². The van der Waals surface area contributed by atoms with E-state index in [-0.39, 0.29) is 18.2 Å². The summed E-state index contributed by atoms with van der Waals surface area (Å²) in [7, 11) is 0. The Morgan fingerprint density at radius 1 is 1.39 bits per heavy atom. The maximum atomic E-state index is 12.5. The third kappa shape index (κ3) is 6.21. The molecular weight excluding hydrogens is 414 g/mol. The second kappa shape index (κ2) is 10.0. The van der Waals surface area contributed by atoms with E-state index >= 15 is 0 Å². The fraction of sp³-hybridized carbons (Fsp3) is 0.591. The lowest BCUT2D eigenvalue weighted by Crippen LogP contribution is -2.43. The largest absolute Gasteiger partial charge is 0.611 e. The van der Waals surface area contributed by atoms with Gasteiger partial charge in [0.25, 0.3) is 0 Å². The molecule has 1 saturated heterocycles. The van der Waals surface area contributed by atoms with Gasteiger partial charge in [0.1, 0.15) is 17.7 Å². The van der Waals surface area contributed by atoms with Crippen LogP contribution in [0.5, 0.6) is 0 Å². The van der Waals surface area contributed by atoms with Crippen molar-refractivity contribution >= 4 is 17.0 Å². The summed E-state index contributed by atoms with van der Waals surface area (Å²) in [5.41, 5.74) is 12.8. The molecule has 0 aromatic carbocycles. The lowest BCUT2D eigenvalue weighted by molar-refractivity contribution is 0.0610. The summed E-state index contributed by atoms with van der Waals surface area (Å²) >= 11 is -1.19. The minimum absolute atomic E-state index is 0.00673. The van der Waals surface area contributed by atoms with Gasteiger partial charge in [-0.25, -0.2) is 4.99 Å². The van der Waals surface area contributed by atoms with Crippen LogP contribution >= 0.6 is 0 Å². The van der Waals surface area contributed by atoms with Crippen molar-refractivity contribution in [2.75, 3.05) is 25.4 Å². The van der Waals surface area contributed by atoms with Crippen LogP contribution in [-0.4, -0.2) is 57.5 Å². The predicted octanol–water partition coefficient (Wildman–Crippen LogP) is 1.54. The smallest absolute Gasteiger partial charge is 0.213 e. The Balaban J connectivity index is 1.64. The quantitative estimate of drug-likeness (QED) is 0.145. The van der Waals surface area contributed by atoms with Crippen molar-refractivity contribution in [2.45, 2.75) is 57.6 Å². The van der Waals surface area contributed by atoms with E-state index in [2.05, 4.69) is 16.8 Å². The molecule has 3 rings (SSSR count). The summed E-state index contributed by atoms with van der Waals surface area (Å²) in [5, 5.41) is 13.0. The van der Waals surface area contributed by atoms with Gasteiger partial charge in [0, 0.05) is 38.0 Å². The van der Waals surface area contributed by atoms with Crippen LogP contribution in [0.25, 0.3) is 0 Å². The molecule has 1 aliphatic carbocycles. The first-order valence-electron chi connectivity index (χ1n) is 10.8. The molecule has 8 nitrogen and oxygen atoms in total. The van der Waals surface area contributed by atoms with Crippen molar-refractivity contribution in [3.05, 3.63) is 46.6 Å². The van der Waals surface area contributed by atoms with E-state index < -0.39 is 11.2 Å². The number of piperidine rings is 1. The third-order valence-electron chi connectivity index (χ3n) is 5.81. The van der Waals surface area contributed by atoms with Crippen LogP contribution in [0, 0.1) is 0 Å². The Morgan fingerprint density at radius 2 is 2.06 bits per heavy atom. The Labute approximate surface area is 188 Å². The van der Waals surface area contributed by atoms with Crippen LogP contribution in [0.3, 0.4) is 0 Å². The van der Waals surface area contributed by atoms with Gasteiger partial charge in [-0.1, -0.05) is 6.58 Å². The van der Waals surface area contributed by atoms with Gasteiger partial charge in [-0.15, -0.1) is 0 Å². The maximum absolute atomic E-state index is 12.5. The van der Waals surface area contributed by atoms with E-state index in [1.54, 1.807) is 0 Å². The molecule has 0 aromatic heterocycles. The maximum Gasteiger partial charge on any atom is 0.213 e. The predicted molar refractivity (Wildman–Crippen MR) is 125 cm³/mol. The third-order valence-corrected chi connectivity index (χ3v) is 7.30. The molecule has 0 amide bonds. The Bertz CT molecular complexity index is 804. The molecule has 0 radical (unpaired) electrons. The molecule has 0 aromatic rings. The lowest BCUT2D eigenvalue weighted by Gasteiger charge is -2.33. The van der Waals surface area contributed by atoms with Gasteiger partial charge in [-0.2, -0.15) is 0 Å². The first kappa shape index (κ1) is 23.6. The second-order valence-corrected chi connectivity index (χ2v) is 10.1. The molecule has 6 N–H and O–H groups in total. The highest BCUT2D eigenvalue weighted by Crippen LogP contribution is 2.36. The van der Waals surface area contributed by atoms with E-state index in [0.717, 1.165) is 50.2 Å². The van der Waals surface area contributed by atoms with Crippen LogP contribution in [0.2, 0.25) is 0 Å². The second-order valence-electron chi connectivity index (χ2n) is 8.59. The Morgan fingerprint density at radius 3 is 2.58 bits per heavy atom. The lowest BCUT2D eigenvalue weighted by atomic mass is 10.1. The fourth-order valence-corrected chi connectivity index (χ4v) is 4.98. The van der Waals surface area contributed by atoms with Crippen molar-refractivity contribution in [3.8, 4) is 0 Å². The van der Waals surface area contributed by atoms with E-state index in [1.807, 2.05) is 26.0 Å². The normalized spacial score (nSPS) is 25.1. The van der Waals surface area contributed by atoms with Gasteiger partial charge in [-0.3, -0.25) is 0 Å². The van der Waals surface area contributed by atoms with E-state index in [1.165, 1.54) is 0 Å². The number of likely N-dealkylation sites (tertiary alicyclic amines) is 1. The highest BCUT2D eigenvalue weighted by molar-refractivity contribution is 7.96. The number of rotatable bonds is 8. The molecule has 2 heterocycles.